The number of sulfonamides is 1. The fraction of sp³-hybridized carbons (Fsp3) is 0.481. The Labute approximate surface area is 235 Å². The summed E-state index contributed by atoms with van der Waals surface area (Å²) in [5, 5.41) is 2.73. The first-order chi connectivity index (χ1) is 18.9. The number of nitrogens with zero attached hydrogens (tertiary/aromatic N) is 1. The molecule has 0 spiro atoms. The van der Waals surface area contributed by atoms with Gasteiger partial charge in [0, 0.05) is 19.6 Å². The Hall–Kier alpha value is -2.84. The fourth-order valence-corrected chi connectivity index (χ4v) is 7.10. The highest BCUT2D eigenvalue weighted by atomic mass is 32.2. The van der Waals surface area contributed by atoms with Crippen molar-refractivity contribution in [2.24, 2.45) is 0 Å². The third-order valence-electron chi connectivity index (χ3n) is 6.95. The normalized spacial score (nSPS) is 20.9. The van der Waals surface area contributed by atoms with Gasteiger partial charge in [0.15, 0.2) is 9.84 Å². The quantitative estimate of drug-likeness (QED) is 0.316. The maximum absolute atomic E-state index is 13.1. The lowest BCUT2D eigenvalue weighted by atomic mass is 10.1. The van der Waals surface area contributed by atoms with E-state index >= 15 is 0 Å². The number of nitrogens with one attached hydrogen (secondary N) is 2. The lowest BCUT2D eigenvalue weighted by Gasteiger charge is -2.29. The average molecular weight is 594 g/mol. The van der Waals surface area contributed by atoms with E-state index in [1.165, 1.54) is 12.1 Å². The van der Waals surface area contributed by atoms with Crippen molar-refractivity contribution in [3.63, 3.8) is 0 Å². The van der Waals surface area contributed by atoms with Gasteiger partial charge in [0.1, 0.15) is 23.9 Å². The molecule has 2 aromatic carbocycles. The van der Waals surface area contributed by atoms with Gasteiger partial charge >= 0.3 is 11.9 Å². The zero-order chi connectivity index (χ0) is 28.9. The number of aryl methyl sites for hydroxylation is 1. The maximum Gasteiger partial charge on any atom is 0.332 e. The van der Waals surface area contributed by atoms with E-state index in [4.69, 9.17) is 9.47 Å². The summed E-state index contributed by atoms with van der Waals surface area (Å²) in [6.45, 7) is 3.77. The van der Waals surface area contributed by atoms with Crippen molar-refractivity contribution in [1.29, 1.82) is 0 Å². The van der Waals surface area contributed by atoms with E-state index in [0.29, 0.717) is 11.3 Å². The van der Waals surface area contributed by atoms with Crippen molar-refractivity contribution in [2.75, 3.05) is 38.2 Å². The van der Waals surface area contributed by atoms with Gasteiger partial charge in [-0.1, -0.05) is 29.8 Å². The molecule has 2 aliphatic rings. The summed E-state index contributed by atoms with van der Waals surface area (Å²) in [6.07, 6.45) is 1.83. The Balaban J connectivity index is 1.48. The van der Waals surface area contributed by atoms with Gasteiger partial charge in [-0.05, 0) is 63.1 Å². The molecule has 0 saturated carbocycles. The van der Waals surface area contributed by atoms with E-state index in [2.05, 4.69) is 22.0 Å². The molecule has 0 bridgehead atoms. The Morgan fingerprint density at radius 3 is 2.35 bits per heavy atom. The third kappa shape index (κ3) is 8.33. The zero-order valence-corrected chi connectivity index (χ0v) is 24.2. The van der Waals surface area contributed by atoms with Crippen LogP contribution in [0.2, 0.25) is 0 Å². The highest BCUT2D eigenvalue weighted by Gasteiger charge is 2.35. The maximum atomic E-state index is 13.1. The second-order valence-corrected chi connectivity index (χ2v) is 14.3. The van der Waals surface area contributed by atoms with Crippen molar-refractivity contribution in [3.8, 4) is 5.75 Å². The van der Waals surface area contributed by atoms with Crippen molar-refractivity contribution in [2.45, 2.75) is 49.3 Å². The van der Waals surface area contributed by atoms with Crippen LogP contribution >= 0.6 is 0 Å². The number of hydrogen-bond acceptors (Lipinski definition) is 10. The summed E-state index contributed by atoms with van der Waals surface area (Å²) >= 11 is 0. The Morgan fingerprint density at radius 1 is 1.07 bits per heavy atom. The molecule has 0 aliphatic carbocycles. The topological polar surface area (TPSA) is 148 Å². The molecule has 2 N–H and O–H groups in total. The smallest absolute Gasteiger partial charge is 0.332 e. The van der Waals surface area contributed by atoms with E-state index in [-0.39, 0.29) is 29.7 Å². The lowest BCUT2D eigenvalue weighted by Crippen LogP contribution is -2.52. The molecule has 40 heavy (non-hydrogen) atoms. The monoisotopic (exact) mass is 593 g/mol. The third-order valence-corrected chi connectivity index (χ3v) is 10.1. The van der Waals surface area contributed by atoms with E-state index in [0.717, 1.165) is 31.5 Å². The molecular formula is C27H35N3O8S2. The van der Waals surface area contributed by atoms with Crippen LogP contribution in [0.5, 0.6) is 5.75 Å². The summed E-state index contributed by atoms with van der Waals surface area (Å²) in [6, 6.07) is 10.4. The first-order valence-corrected chi connectivity index (χ1v) is 16.4. The number of ether oxygens (including phenoxy) is 2. The minimum absolute atomic E-state index is 0.0474. The van der Waals surface area contributed by atoms with Crippen molar-refractivity contribution in [1.82, 2.24) is 14.9 Å². The molecule has 13 heteroatoms. The molecule has 2 aliphatic heterocycles. The van der Waals surface area contributed by atoms with Crippen LogP contribution in [-0.2, 0) is 40.6 Å². The van der Waals surface area contributed by atoms with E-state index < -0.39 is 49.6 Å². The minimum Gasteiger partial charge on any atom is -0.490 e. The summed E-state index contributed by atoms with van der Waals surface area (Å²) in [5.41, 5.74) is 1.47. The van der Waals surface area contributed by atoms with E-state index in [1.54, 1.807) is 36.4 Å². The molecule has 0 radical (unpaired) electrons. The number of carbonyl (C=O) groups is 2. The van der Waals surface area contributed by atoms with Crippen LogP contribution in [0.4, 0.5) is 0 Å². The van der Waals surface area contributed by atoms with Crippen molar-refractivity contribution < 1.29 is 35.9 Å². The summed E-state index contributed by atoms with van der Waals surface area (Å²) in [7, 11) is -5.55. The SMILES string of the molecule is Cc1ccc(S(=O)(=O)N[C@@H](Cc2ccc(OC3CCN(C)CC3)cc2)C(=O)OC(=O)C2CS(=O)(=O)CCN2)cc1. The van der Waals surface area contributed by atoms with Crippen molar-refractivity contribution >= 4 is 31.8 Å². The first kappa shape index (κ1) is 30.1. The molecule has 0 amide bonds. The summed E-state index contributed by atoms with van der Waals surface area (Å²) in [4.78, 5) is 27.9. The van der Waals surface area contributed by atoms with Crippen LogP contribution < -0.4 is 14.8 Å². The molecule has 1 unspecified atom stereocenters. The molecule has 2 fully saturated rings. The number of benzene rings is 2. The van der Waals surface area contributed by atoms with Gasteiger partial charge in [0.05, 0.1) is 16.4 Å². The molecule has 0 aromatic heterocycles. The van der Waals surface area contributed by atoms with E-state index in [9.17, 15) is 26.4 Å². The van der Waals surface area contributed by atoms with Crippen LogP contribution in [0, 0.1) is 6.92 Å². The van der Waals surface area contributed by atoms with Crippen LogP contribution in [-0.4, -0.2) is 90.0 Å². The summed E-state index contributed by atoms with van der Waals surface area (Å²) < 4.78 is 63.5. The second kappa shape index (κ2) is 12.8. The molecule has 2 heterocycles. The van der Waals surface area contributed by atoms with Gasteiger partial charge in [-0.2, -0.15) is 4.72 Å². The summed E-state index contributed by atoms with van der Waals surface area (Å²) in [5.74, 6) is -2.16. The number of likely N-dealkylation sites (tertiary alicyclic amines) is 1. The standard InChI is InChI=1S/C27H35N3O8S2/c1-19-3-9-23(10-4-19)40(35,36)29-24(26(31)38-27(32)25-18-39(33,34)16-13-28-25)17-20-5-7-21(8-6-20)37-22-11-14-30(2)15-12-22/h3-10,22,24-25,28-29H,11-18H2,1-2H3/t24-,25?/m0/s1. The minimum atomic E-state index is -4.15. The largest absolute Gasteiger partial charge is 0.490 e. The highest BCUT2D eigenvalue weighted by molar-refractivity contribution is 7.91. The van der Waals surface area contributed by atoms with Crippen LogP contribution in [0.25, 0.3) is 0 Å². The number of rotatable bonds is 9. The predicted octanol–water partition coefficient (Wildman–Crippen LogP) is 0.814. The molecule has 4 rings (SSSR count). The zero-order valence-electron chi connectivity index (χ0n) is 22.5. The number of sulfone groups is 1. The molecule has 218 valence electrons. The predicted molar refractivity (Wildman–Crippen MR) is 148 cm³/mol. The van der Waals surface area contributed by atoms with Gasteiger partial charge < -0.3 is 19.7 Å². The van der Waals surface area contributed by atoms with Gasteiger partial charge in [-0.15, -0.1) is 0 Å². The van der Waals surface area contributed by atoms with Gasteiger partial charge in [0.25, 0.3) is 0 Å². The first-order valence-electron chi connectivity index (χ1n) is 13.1. The van der Waals surface area contributed by atoms with Gasteiger partial charge in [-0.25, -0.2) is 26.4 Å². The molecule has 11 nitrogen and oxygen atoms in total. The number of piperidine rings is 1. The number of esters is 2. The number of carbonyl (C=O) groups excluding carboxylic acids is 2. The Bertz CT molecular complexity index is 1400. The average Bonchev–Trinajstić information content (AvgIpc) is 2.90. The lowest BCUT2D eigenvalue weighted by molar-refractivity contribution is -0.162. The fourth-order valence-electron chi connectivity index (χ4n) is 4.56. The second-order valence-electron chi connectivity index (χ2n) is 10.3. The number of hydrogen-bond donors (Lipinski definition) is 2. The van der Waals surface area contributed by atoms with Gasteiger partial charge in [0.2, 0.25) is 10.0 Å². The molecule has 2 aromatic rings. The molecule has 2 atom stereocenters. The van der Waals surface area contributed by atoms with Crippen LogP contribution in [0.3, 0.4) is 0 Å². The highest BCUT2D eigenvalue weighted by Crippen LogP contribution is 2.20. The van der Waals surface area contributed by atoms with Crippen LogP contribution in [0.1, 0.15) is 24.0 Å². The van der Waals surface area contributed by atoms with E-state index in [1.807, 2.05) is 6.92 Å². The molecular weight excluding hydrogens is 558 g/mol. The molecule has 2 saturated heterocycles. The van der Waals surface area contributed by atoms with Crippen molar-refractivity contribution in [3.05, 3.63) is 59.7 Å². The Morgan fingerprint density at radius 2 is 1.73 bits per heavy atom. The Kier molecular flexibility index (Phi) is 9.62. The van der Waals surface area contributed by atoms with Crippen LogP contribution in [0.15, 0.2) is 53.4 Å². The van der Waals surface area contributed by atoms with Gasteiger partial charge in [-0.3, -0.25) is 0 Å².